The molecule has 1 rings (SSSR count). The molecule has 0 saturated heterocycles. The maximum atomic E-state index is 11.4. The number of ether oxygens (including phenoxy) is 1. The van der Waals surface area contributed by atoms with E-state index in [1.54, 1.807) is 12.3 Å². The van der Waals surface area contributed by atoms with E-state index in [9.17, 15) is 4.79 Å². The predicted molar refractivity (Wildman–Crippen MR) is 57.4 cm³/mol. The van der Waals surface area contributed by atoms with Crippen molar-refractivity contribution in [3.63, 3.8) is 0 Å². The Kier molecular flexibility index (Phi) is 3.66. The van der Waals surface area contributed by atoms with E-state index in [0.717, 1.165) is 6.42 Å². The molecule has 0 aliphatic rings. The number of pyridine rings is 1. The molecule has 15 heavy (non-hydrogen) atoms. The molecule has 0 amide bonds. The molecule has 1 heterocycles. The molecule has 2 N–H and O–H groups in total. The minimum absolute atomic E-state index is 0.342. The summed E-state index contributed by atoms with van der Waals surface area (Å²) in [7, 11) is 1.35. The highest BCUT2D eigenvalue weighted by molar-refractivity contribution is 5.94. The average molecular weight is 209 g/mol. The van der Waals surface area contributed by atoms with Gasteiger partial charge in [0.05, 0.1) is 12.8 Å². The number of carbonyl (C=O) groups is 1. The standard InChI is InChI=1S/C11H16N2O2/c1-4-8(2)13-6-5-10(12)9(7-13)11(14)15-3/h5-8,12H,4H2,1-3H3/p+1. The average Bonchev–Trinajstić information content (AvgIpc) is 2.27. The van der Waals surface area contributed by atoms with Gasteiger partial charge in [0.2, 0.25) is 0 Å². The highest BCUT2D eigenvalue weighted by Crippen LogP contribution is 2.11. The van der Waals surface area contributed by atoms with Gasteiger partial charge in [-0.1, -0.05) is 6.92 Å². The number of hydrogen-bond acceptors (Lipinski definition) is 3. The third-order valence-electron chi connectivity index (χ3n) is 2.52. The smallest absolute Gasteiger partial charge is 0.346 e. The van der Waals surface area contributed by atoms with Crippen molar-refractivity contribution in [2.45, 2.75) is 26.3 Å². The molecular weight excluding hydrogens is 192 g/mol. The summed E-state index contributed by atoms with van der Waals surface area (Å²) in [6.45, 7) is 4.17. The lowest BCUT2D eigenvalue weighted by Gasteiger charge is -2.06. The van der Waals surface area contributed by atoms with Crippen molar-refractivity contribution < 1.29 is 14.1 Å². The van der Waals surface area contributed by atoms with Crippen LogP contribution in [-0.2, 0) is 4.74 Å². The molecule has 1 unspecified atom stereocenters. The molecular formula is C11H17N2O2+. The van der Waals surface area contributed by atoms with Crippen LogP contribution < -0.4 is 10.3 Å². The van der Waals surface area contributed by atoms with Crippen LogP contribution in [0, 0.1) is 0 Å². The van der Waals surface area contributed by atoms with E-state index in [-0.39, 0.29) is 0 Å². The highest BCUT2D eigenvalue weighted by Gasteiger charge is 2.17. The van der Waals surface area contributed by atoms with E-state index in [2.05, 4.69) is 18.6 Å². The van der Waals surface area contributed by atoms with Gasteiger partial charge in [-0.25, -0.2) is 9.36 Å². The molecule has 4 nitrogen and oxygen atoms in total. The Morgan fingerprint density at radius 3 is 2.87 bits per heavy atom. The second-order valence-corrected chi connectivity index (χ2v) is 3.51. The number of anilines is 1. The highest BCUT2D eigenvalue weighted by atomic mass is 16.5. The number of rotatable bonds is 3. The molecule has 0 bridgehead atoms. The van der Waals surface area contributed by atoms with Crippen molar-refractivity contribution in [2.24, 2.45) is 0 Å². The SMILES string of the molecule is CCC(C)[n+]1ccc(N)c(C(=O)OC)c1. The molecule has 1 aromatic heterocycles. The number of hydrogen-bond donors (Lipinski definition) is 1. The van der Waals surface area contributed by atoms with E-state index in [0.29, 0.717) is 17.3 Å². The molecule has 0 saturated carbocycles. The quantitative estimate of drug-likeness (QED) is 0.603. The lowest BCUT2D eigenvalue weighted by atomic mass is 10.2. The fourth-order valence-corrected chi connectivity index (χ4v) is 1.29. The Morgan fingerprint density at radius 1 is 1.67 bits per heavy atom. The number of methoxy groups -OCH3 is 1. The number of aromatic nitrogens is 1. The van der Waals surface area contributed by atoms with Gasteiger partial charge in [0, 0.05) is 12.5 Å². The van der Waals surface area contributed by atoms with Gasteiger partial charge in [-0.2, -0.15) is 0 Å². The maximum absolute atomic E-state index is 11.4. The summed E-state index contributed by atoms with van der Waals surface area (Å²) in [5.41, 5.74) is 6.56. The van der Waals surface area contributed by atoms with Crippen LogP contribution in [0.1, 0.15) is 36.7 Å². The first-order valence-electron chi connectivity index (χ1n) is 4.98. The third kappa shape index (κ3) is 2.46. The zero-order chi connectivity index (χ0) is 11.4. The summed E-state index contributed by atoms with van der Waals surface area (Å²) in [6.07, 6.45) is 4.60. The minimum atomic E-state index is -0.398. The zero-order valence-corrected chi connectivity index (χ0v) is 9.36. The van der Waals surface area contributed by atoms with E-state index >= 15 is 0 Å². The molecule has 82 valence electrons. The molecule has 0 aliphatic carbocycles. The Balaban J connectivity index is 3.10. The van der Waals surface area contributed by atoms with Crippen LogP contribution >= 0.6 is 0 Å². The number of carbonyl (C=O) groups excluding carboxylic acids is 1. The Labute approximate surface area is 89.7 Å². The Morgan fingerprint density at radius 2 is 2.33 bits per heavy atom. The lowest BCUT2D eigenvalue weighted by molar-refractivity contribution is -0.720. The van der Waals surface area contributed by atoms with E-state index < -0.39 is 5.97 Å². The molecule has 1 aromatic rings. The molecule has 0 spiro atoms. The summed E-state index contributed by atoms with van der Waals surface area (Å²) in [5, 5.41) is 0. The molecule has 4 heteroatoms. The first-order chi connectivity index (χ1) is 7.10. The second-order valence-electron chi connectivity index (χ2n) is 3.51. The zero-order valence-electron chi connectivity index (χ0n) is 9.36. The normalized spacial score (nSPS) is 12.2. The molecule has 0 aliphatic heterocycles. The van der Waals surface area contributed by atoms with Gasteiger partial charge in [0.1, 0.15) is 5.56 Å². The fourth-order valence-electron chi connectivity index (χ4n) is 1.29. The summed E-state index contributed by atoms with van der Waals surface area (Å²) < 4.78 is 6.61. The molecule has 1 atom stereocenters. The van der Waals surface area contributed by atoms with Gasteiger partial charge in [0.25, 0.3) is 0 Å². The molecule has 0 radical (unpaired) electrons. The molecule has 0 aromatic carbocycles. The van der Waals surface area contributed by atoms with Crippen molar-refractivity contribution in [1.82, 2.24) is 0 Å². The van der Waals surface area contributed by atoms with Gasteiger partial charge in [-0.3, -0.25) is 0 Å². The van der Waals surface area contributed by atoms with Crippen molar-refractivity contribution in [3.05, 3.63) is 24.0 Å². The Hall–Kier alpha value is -1.58. The van der Waals surface area contributed by atoms with Gasteiger partial charge in [-0.05, 0) is 6.92 Å². The van der Waals surface area contributed by atoms with Crippen LogP contribution in [0.15, 0.2) is 18.5 Å². The Bertz CT molecular complexity index is 364. The van der Waals surface area contributed by atoms with Crippen LogP contribution in [0.25, 0.3) is 0 Å². The van der Waals surface area contributed by atoms with Crippen molar-refractivity contribution in [2.75, 3.05) is 12.8 Å². The predicted octanol–water partition coefficient (Wildman–Crippen LogP) is 1.31. The van der Waals surface area contributed by atoms with E-state index in [1.165, 1.54) is 7.11 Å². The van der Waals surface area contributed by atoms with Gasteiger partial charge >= 0.3 is 5.97 Å². The number of nitrogens with two attached hydrogens (primary N) is 1. The van der Waals surface area contributed by atoms with Crippen LogP contribution in [0.4, 0.5) is 5.69 Å². The largest absolute Gasteiger partial charge is 0.465 e. The summed E-state index contributed by atoms with van der Waals surface area (Å²) in [4.78, 5) is 11.4. The minimum Gasteiger partial charge on any atom is -0.465 e. The molecule has 0 fully saturated rings. The summed E-state index contributed by atoms with van der Waals surface area (Å²) >= 11 is 0. The van der Waals surface area contributed by atoms with Gasteiger partial charge < -0.3 is 10.5 Å². The van der Waals surface area contributed by atoms with Gasteiger partial charge in [-0.15, -0.1) is 0 Å². The van der Waals surface area contributed by atoms with Crippen molar-refractivity contribution >= 4 is 11.7 Å². The van der Waals surface area contributed by atoms with Crippen molar-refractivity contribution in [1.29, 1.82) is 0 Å². The topological polar surface area (TPSA) is 56.2 Å². The summed E-state index contributed by atoms with van der Waals surface area (Å²) in [6, 6.07) is 2.06. The maximum Gasteiger partial charge on any atom is 0.346 e. The van der Waals surface area contributed by atoms with Crippen LogP contribution in [0.5, 0.6) is 0 Å². The summed E-state index contributed by atoms with van der Waals surface area (Å²) in [5.74, 6) is -0.398. The van der Waals surface area contributed by atoms with Gasteiger partial charge in [0.15, 0.2) is 18.4 Å². The number of esters is 1. The third-order valence-corrected chi connectivity index (χ3v) is 2.52. The van der Waals surface area contributed by atoms with E-state index in [4.69, 9.17) is 5.73 Å². The van der Waals surface area contributed by atoms with E-state index in [1.807, 2.05) is 10.8 Å². The van der Waals surface area contributed by atoms with Crippen LogP contribution in [0.2, 0.25) is 0 Å². The first kappa shape index (κ1) is 11.5. The number of nitrogen functional groups attached to an aromatic ring is 1. The monoisotopic (exact) mass is 209 g/mol. The van der Waals surface area contributed by atoms with Crippen LogP contribution in [-0.4, -0.2) is 13.1 Å². The second kappa shape index (κ2) is 4.77. The van der Waals surface area contributed by atoms with Crippen LogP contribution in [0.3, 0.4) is 0 Å². The number of nitrogens with zero attached hydrogens (tertiary/aromatic N) is 1. The fraction of sp³-hybridized carbons (Fsp3) is 0.455. The first-order valence-corrected chi connectivity index (χ1v) is 4.98. The lowest BCUT2D eigenvalue weighted by Crippen LogP contribution is -2.38. The van der Waals surface area contributed by atoms with Crippen molar-refractivity contribution in [3.8, 4) is 0 Å².